The summed E-state index contributed by atoms with van der Waals surface area (Å²) in [5, 5.41) is 8.81. The molecule has 2 atom stereocenters. The number of rotatable bonds is 2. The van der Waals surface area contributed by atoms with Gasteiger partial charge in [-0.15, -0.1) is 24.8 Å². The van der Waals surface area contributed by atoms with E-state index in [1.54, 1.807) is 0 Å². The average molecular weight is 243 g/mol. The van der Waals surface area contributed by atoms with Crippen LogP contribution in [0, 0.1) is 5.92 Å². The van der Waals surface area contributed by atoms with E-state index in [1.807, 2.05) is 0 Å². The molecule has 0 radical (unpaired) electrons. The zero-order chi connectivity index (χ0) is 8.60. The molecule has 0 amide bonds. The molecule has 1 heterocycles. The van der Waals surface area contributed by atoms with Gasteiger partial charge in [-0.1, -0.05) is 0 Å². The molecule has 5 heteroatoms. The highest BCUT2D eigenvalue weighted by molar-refractivity contribution is 5.85. The van der Waals surface area contributed by atoms with Crippen LogP contribution in [0.1, 0.15) is 19.3 Å². The van der Waals surface area contributed by atoms with Gasteiger partial charge in [0.15, 0.2) is 0 Å². The summed E-state index contributed by atoms with van der Waals surface area (Å²) in [6.07, 6.45) is 3.67. The van der Waals surface area contributed by atoms with Crippen molar-refractivity contribution in [1.29, 1.82) is 0 Å². The molecular formula is C9H20Cl2N2O. The van der Waals surface area contributed by atoms with Crippen molar-refractivity contribution in [2.24, 2.45) is 11.7 Å². The molecular weight excluding hydrogens is 223 g/mol. The van der Waals surface area contributed by atoms with Gasteiger partial charge in [-0.3, -0.25) is 4.90 Å². The van der Waals surface area contributed by atoms with Gasteiger partial charge in [-0.05, 0) is 25.2 Å². The summed E-state index contributed by atoms with van der Waals surface area (Å²) in [7, 11) is 0. The second-order valence-corrected chi connectivity index (χ2v) is 4.43. The Hall–Kier alpha value is 0.460. The number of hydrogen-bond acceptors (Lipinski definition) is 3. The van der Waals surface area contributed by atoms with Gasteiger partial charge in [-0.2, -0.15) is 0 Å². The molecule has 1 aliphatic carbocycles. The third kappa shape index (κ3) is 2.97. The molecule has 2 bridgehead atoms. The molecule has 1 aliphatic heterocycles. The monoisotopic (exact) mass is 242 g/mol. The fourth-order valence-corrected chi connectivity index (χ4v) is 2.76. The molecule has 2 aliphatic rings. The number of likely N-dealkylation sites (tertiary alicyclic amines) is 1. The Morgan fingerprint density at radius 2 is 2.14 bits per heavy atom. The molecule has 3 N–H and O–H groups in total. The summed E-state index contributed by atoms with van der Waals surface area (Å²) in [5.41, 5.74) is 6.28. The molecule has 3 nitrogen and oxygen atoms in total. The normalized spacial score (nSPS) is 36.0. The van der Waals surface area contributed by atoms with Crippen LogP contribution in [-0.2, 0) is 0 Å². The Balaban J connectivity index is 0.000000845. The predicted molar refractivity (Wildman–Crippen MR) is 62.3 cm³/mol. The first-order chi connectivity index (χ1) is 5.72. The third-order valence-electron chi connectivity index (χ3n) is 3.22. The van der Waals surface area contributed by atoms with Crippen molar-refractivity contribution in [1.82, 2.24) is 4.90 Å². The first kappa shape index (κ1) is 14.5. The average Bonchev–Trinajstić information content (AvgIpc) is 2.26. The molecule has 2 rings (SSSR count). The maximum absolute atomic E-state index is 8.81. The molecule has 86 valence electrons. The highest BCUT2D eigenvalue weighted by atomic mass is 35.5. The minimum Gasteiger partial charge on any atom is -0.395 e. The van der Waals surface area contributed by atoms with E-state index in [2.05, 4.69) is 4.90 Å². The van der Waals surface area contributed by atoms with Crippen LogP contribution >= 0.6 is 24.8 Å². The maximum Gasteiger partial charge on any atom is 0.0558 e. The van der Waals surface area contributed by atoms with Crippen molar-refractivity contribution in [3.8, 4) is 0 Å². The molecule has 0 aromatic heterocycles. The minimum absolute atomic E-state index is 0. The zero-order valence-corrected chi connectivity index (χ0v) is 9.95. The molecule has 2 unspecified atom stereocenters. The first-order valence-corrected chi connectivity index (χ1v) is 4.84. The molecule has 2 fully saturated rings. The molecule has 14 heavy (non-hydrogen) atoms. The molecule has 0 spiro atoms. The van der Waals surface area contributed by atoms with E-state index in [0.717, 1.165) is 25.6 Å². The standard InChI is InChI=1S/C9H18N2O.2ClH/c10-9-2-1-8(5-9)6-11(7-9)3-4-12;;/h8,12H,1-7,10H2;2*1H. The van der Waals surface area contributed by atoms with Crippen LogP contribution in [0.3, 0.4) is 0 Å². The maximum atomic E-state index is 8.81. The number of aliphatic hydroxyl groups excluding tert-OH is 1. The van der Waals surface area contributed by atoms with Gasteiger partial charge < -0.3 is 10.8 Å². The van der Waals surface area contributed by atoms with Crippen LogP contribution in [0.4, 0.5) is 0 Å². The van der Waals surface area contributed by atoms with Crippen LogP contribution in [0.15, 0.2) is 0 Å². The summed E-state index contributed by atoms with van der Waals surface area (Å²) >= 11 is 0. The van der Waals surface area contributed by atoms with Crippen LogP contribution < -0.4 is 5.73 Å². The fraction of sp³-hybridized carbons (Fsp3) is 1.00. The van der Waals surface area contributed by atoms with Crippen molar-refractivity contribution in [3.05, 3.63) is 0 Å². The number of aliphatic hydroxyl groups is 1. The van der Waals surface area contributed by atoms with E-state index in [-0.39, 0.29) is 37.0 Å². The van der Waals surface area contributed by atoms with Gasteiger partial charge >= 0.3 is 0 Å². The van der Waals surface area contributed by atoms with Crippen molar-refractivity contribution >= 4 is 24.8 Å². The number of nitrogens with zero attached hydrogens (tertiary/aromatic N) is 1. The molecule has 1 saturated heterocycles. The van der Waals surface area contributed by atoms with Gasteiger partial charge in [0.1, 0.15) is 0 Å². The van der Waals surface area contributed by atoms with Crippen molar-refractivity contribution in [2.45, 2.75) is 24.8 Å². The van der Waals surface area contributed by atoms with E-state index in [1.165, 1.54) is 19.3 Å². The van der Waals surface area contributed by atoms with E-state index in [4.69, 9.17) is 10.8 Å². The zero-order valence-electron chi connectivity index (χ0n) is 8.32. The molecule has 0 aromatic rings. The number of hydrogen-bond donors (Lipinski definition) is 2. The fourth-order valence-electron chi connectivity index (χ4n) is 2.76. The first-order valence-electron chi connectivity index (χ1n) is 4.84. The Morgan fingerprint density at radius 3 is 2.71 bits per heavy atom. The van der Waals surface area contributed by atoms with Gasteiger partial charge in [0, 0.05) is 25.2 Å². The van der Waals surface area contributed by atoms with E-state index in [9.17, 15) is 0 Å². The summed E-state index contributed by atoms with van der Waals surface area (Å²) in [4.78, 5) is 2.31. The molecule has 1 saturated carbocycles. The lowest BCUT2D eigenvalue weighted by Gasteiger charge is -2.37. The third-order valence-corrected chi connectivity index (χ3v) is 3.22. The van der Waals surface area contributed by atoms with Gasteiger partial charge in [0.05, 0.1) is 6.61 Å². The smallest absolute Gasteiger partial charge is 0.0558 e. The summed E-state index contributed by atoms with van der Waals surface area (Å²) in [6, 6.07) is 0. The van der Waals surface area contributed by atoms with Crippen molar-refractivity contribution in [3.63, 3.8) is 0 Å². The Kier molecular flexibility index (Phi) is 5.70. The van der Waals surface area contributed by atoms with Gasteiger partial charge in [0.2, 0.25) is 0 Å². The van der Waals surface area contributed by atoms with Crippen LogP contribution in [0.25, 0.3) is 0 Å². The number of fused-ring (bicyclic) bond motifs is 2. The van der Waals surface area contributed by atoms with E-state index < -0.39 is 0 Å². The lowest BCUT2D eigenvalue weighted by Crippen LogP contribution is -2.53. The topological polar surface area (TPSA) is 49.5 Å². The van der Waals surface area contributed by atoms with Crippen molar-refractivity contribution in [2.75, 3.05) is 26.2 Å². The van der Waals surface area contributed by atoms with E-state index in [0.29, 0.717) is 0 Å². The lowest BCUT2D eigenvalue weighted by atomic mass is 9.92. The quantitative estimate of drug-likeness (QED) is 0.748. The van der Waals surface area contributed by atoms with Crippen LogP contribution in [0.5, 0.6) is 0 Å². The Labute approximate surface area is 97.8 Å². The largest absolute Gasteiger partial charge is 0.395 e. The summed E-state index contributed by atoms with van der Waals surface area (Å²) in [6.45, 7) is 3.21. The highest BCUT2D eigenvalue weighted by Gasteiger charge is 2.41. The predicted octanol–water partition coefficient (Wildman–Crippen LogP) is 0.635. The molecule has 0 aromatic carbocycles. The number of piperidine rings is 1. The van der Waals surface area contributed by atoms with Gasteiger partial charge in [-0.25, -0.2) is 0 Å². The van der Waals surface area contributed by atoms with Crippen molar-refractivity contribution < 1.29 is 5.11 Å². The van der Waals surface area contributed by atoms with Gasteiger partial charge in [0.25, 0.3) is 0 Å². The number of halogens is 2. The van der Waals surface area contributed by atoms with Crippen LogP contribution in [0.2, 0.25) is 0 Å². The van der Waals surface area contributed by atoms with Crippen LogP contribution in [-0.4, -0.2) is 41.8 Å². The SMILES string of the molecule is Cl.Cl.NC12CCC(CN(CCO)C1)C2. The lowest BCUT2D eigenvalue weighted by molar-refractivity contribution is 0.121. The summed E-state index contributed by atoms with van der Waals surface area (Å²) < 4.78 is 0. The second kappa shape index (κ2) is 5.52. The number of β-amino-alcohol motifs (C(OH)–C–C–N with tert-alkyl or cyclic N) is 1. The van der Waals surface area contributed by atoms with E-state index >= 15 is 0 Å². The Morgan fingerprint density at radius 1 is 1.43 bits per heavy atom. The Bertz CT molecular complexity index is 182. The summed E-state index contributed by atoms with van der Waals surface area (Å²) in [5.74, 6) is 0.801. The highest BCUT2D eigenvalue weighted by Crippen LogP contribution is 2.37. The second-order valence-electron chi connectivity index (χ2n) is 4.43. The number of nitrogens with two attached hydrogens (primary N) is 1. The minimum atomic E-state index is 0.